The van der Waals surface area contributed by atoms with E-state index >= 15 is 0 Å². The molecule has 0 radical (unpaired) electrons. The van der Waals surface area contributed by atoms with Gasteiger partial charge in [0.25, 0.3) is 0 Å². The van der Waals surface area contributed by atoms with E-state index in [1.807, 2.05) is 0 Å². The first-order valence-electron chi connectivity index (χ1n) is 10.4. The molecular weight excluding hydrogens is 497 g/mol. The number of imidazole rings is 1. The van der Waals surface area contributed by atoms with Crippen molar-refractivity contribution in [2.24, 2.45) is 5.14 Å². The Labute approximate surface area is 203 Å². The van der Waals surface area contributed by atoms with Gasteiger partial charge >= 0.3 is 6.18 Å². The van der Waals surface area contributed by atoms with E-state index < -0.39 is 28.8 Å². The van der Waals surface area contributed by atoms with Gasteiger partial charge in [0.15, 0.2) is 11.6 Å². The number of benzene rings is 1. The summed E-state index contributed by atoms with van der Waals surface area (Å²) in [5, 5.41) is 10.4. The van der Waals surface area contributed by atoms with Crippen LogP contribution in [0.3, 0.4) is 0 Å². The lowest BCUT2D eigenvalue weighted by Gasteiger charge is -2.17. The molecule has 4 rings (SSSR count). The molecule has 0 spiro atoms. The van der Waals surface area contributed by atoms with Crippen molar-refractivity contribution in [2.75, 3.05) is 17.2 Å². The van der Waals surface area contributed by atoms with Gasteiger partial charge in [0, 0.05) is 12.4 Å². The van der Waals surface area contributed by atoms with Crippen LogP contribution in [0, 0.1) is 11.8 Å². The van der Waals surface area contributed by atoms with Crippen LogP contribution >= 0.6 is 0 Å². The lowest BCUT2D eigenvalue weighted by molar-refractivity contribution is -0.115. The first kappa shape index (κ1) is 24.9. The minimum Gasteiger partial charge on any atom is -0.359 e. The molecule has 1 unspecified atom stereocenters. The van der Waals surface area contributed by atoms with E-state index in [4.69, 9.17) is 5.14 Å². The summed E-state index contributed by atoms with van der Waals surface area (Å²) in [6, 6.07) is 8.58. The van der Waals surface area contributed by atoms with Crippen LogP contribution in [0.15, 0.2) is 53.7 Å². The van der Waals surface area contributed by atoms with Crippen molar-refractivity contribution in [3.05, 3.63) is 65.9 Å². The number of nitrogens with one attached hydrogen (secondary N) is 3. The number of aromatic amines is 1. The van der Waals surface area contributed by atoms with Gasteiger partial charge in [0.05, 0.1) is 16.5 Å². The maximum absolute atomic E-state index is 12.9. The Morgan fingerprint density at radius 3 is 2.47 bits per heavy atom. The molecular formula is C22H19F3N8O2S. The van der Waals surface area contributed by atoms with Crippen molar-refractivity contribution in [3.63, 3.8) is 0 Å². The summed E-state index contributed by atoms with van der Waals surface area (Å²) in [5.74, 6) is 5.90. The van der Waals surface area contributed by atoms with Crippen LogP contribution in [0.5, 0.6) is 0 Å². The third kappa shape index (κ3) is 6.26. The number of primary sulfonamides is 1. The van der Waals surface area contributed by atoms with Gasteiger partial charge in [-0.15, -0.1) is 0 Å². The molecule has 10 nitrogen and oxygen atoms in total. The Bertz CT molecular complexity index is 1540. The minimum absolute atomic E-state index is 0.0453. The predicted molar refractivity (Wildman–Crippen MR) is 126 cm³/mol. The predicted octanol–water partition coefficient (Wildman–Crippen LogP) is 2.94. The summed E-state index contributed by atoms with van der Waals surface area (Å²) >= 11 is 0. The number of hydrogen-bond donors (Lipinski definition) is 4. The van der Waals surface area contributed by atoms with Crippen molar-refractivity contribution in [1.29, 1.82) is 0 Å². The van der Waals surface area contributed by atoms with E-state index in [9.17, 15) is 21.6 Å². The molecule has 1 atom stereocenters. The fraction of sp³-hybridized carbons (Fsp3) is 0.182. The van der Waals surface area contributed by atoms with E-state index in [1.54, 1.807) is 37.4 Å². The number of alkyl halides is 3. The van der Waals surface area contributed by atoms with Gasteiger partial charge in [-0.2, -0.15) is 18.2 Å². The molecule has 36 heavy (non-hydrogen) atoms. The summed E-state index contributed by atoms with van der Waals surface area (Å²) in [6.07, 6.45) is -1.34. The number of aromatic nitrogens is 5. The second kappa shape index (κ2) is 9.80. The maximum atomic E-state index is 12.9. The lowest BCUT2D eigenvalue weighted by atomic mass is 10.1. The number of anilines is 2. The average molecular weight is 517 g/mol. The molecule has 0 saturated carbocycles. The second-order valence-corrected chi connectivity index (χ2v) is 9.16. The van der Waals surface area contributed by atoms with Gasteiger partial charge in [-0.05, 0) is 48.6 Å². The van der Waals surface area contributed by atoms with Crippen LogP contribution in [0.2, 0.25) is 0 Å². The van der Waals surface area contributed by atoms with Crippen molar-refractivity contribution >= 4 is 32.8 Å². The Kier molecular flexibility index (Phi) is 6.77. The number of nitrogens with two attached hydrogens (primary N) is 1. The van der Waals surface area contributed by atoms with E-state index in [2.05, 4.69) is 47.4 Å². The van der Waals surface area contributed by atoms with Gasteiger partial charge in [-0.1, -0.05) is 12.1 Å². The maximum Gasteiger partial charge on any atom is 0.405 e. The van der Waals surface area contributed by atoms with Crippen molar-refractivity contribution < 1.29 is 21.6 Å². The topological polar surface area (TPSA) is 152 Å². The molecule has 0 amide bonds. The average Bonchev–Trinajstić information content (AvgIpc) is 3.34. The largest absolute Gasteiger partial charge is 0.405 e. The van der Waals surface area contributed by atoms with Gasteiger partial charge < -0.3 is 15.6 Å². The summed E-state index contributed by atoms with van der Waals surface area (Å²) in [6.45, 7) is 0.432. The Morgan fingerprint density at radius 2 is 1.83 bits per heavy atom. The molecule has 186 valence electrons. The molecule has 0 aliphatic carbocycles. The standard InChI is InChI=1S/C22H19F3N8O2S/c1-13(14-2-6-16(7-3-14)36(26,34)35)30-21-32-17-8-4-15(5-9-18-27-10-11-28-18)31-19(17)20(33-21)29-12-22(23,24)25/h2-4,6-8,10-11,13H,12H2,1H3,(H,27,28)(H2,26,34,35)(H2,29,30,32,33). The van der Waals surface area contributed by atoms with Crippen LogP contribution in [0.1, 0.15) is 30.0 Å². The van der Waals surface area contributed by atoms with Crippen molar-refractivity contribution in [3.8, 4) is 11.8 Å². The zero-order chi connectivity index (χ0) is 25.9. The summed E-state index contributed by atoms with van der Waals surface area (Å²) < 4.78 is 61.7. The molecule has 14 heteroatoms. The quantitative estimate of drug-likeness (QED) is 0.286. The molecule has 0 saturated heterocycles. The number of fused-ring (bicyclic) bond motifs is 1. The van der Waals surface area contributed by atoms with Crippen molar-refractivity contribution in [1.82, 2.24) is 24.9 Å². The number of halogens is 3. The molecule has 0 aliphatic heterocycles. The highest BCUT2D eigenvalue weighted by molar-refractivity contribution is 7.89. The summed E-state index contributed by atoms with van der Waals surface area (Å²) in [7, 11) is -3.84. The first-order chi connectivity index (χ1) is 17.0. The molecule has 5 N–H and O–H groups in total. The normalized spacial score (nSPS) is 12.6. The number of pyridine rings is 1. The van der Waals surface area contributed by atoms with Crippen LogP contribution in [-0.4, -0.2) is 46.1 Å². The number of H-pyrrole nitrogens is 1. The molecule has 4 aromatic rings. The van der Waals surface area contributed by atoms with Gasteiger partial charge in [-0.25, -0.2) is 28.5 Å². The Morgan fingerprint density at radius 1 is 1.08 bits per heavy atom. The first-order valence-corrected chi connectivity index (χ1v) is 11.9. The fourth-order valence-electron chi connectivity index (χ4n) is 3.14. The number of sulfonamides is 1. The lowest BCUT2D eigenvalue weighted by Crippen LogP contribution is -2.22. The van der Waals surface area contributed by atoms with Crippen LogP contribution in [0.25, 0.3) is 11.0 Å². The monoisotopic (exact) mass is 516 g/mol. The van der Waals surface area contributed by atoms with E-state index in [-0.39, 0.29) is 27.7 Å². The number of rotatable bonds is 6. The van der Waals surface area contributed by atoms with Crippen LogP contribution in [-0.2, 0) is 10.0 Å². The Hall–Kier alpha value is -4.22. The van der Waals surface area contributed by atoms with Gasteiger partial charge in [-0.3, -0.25) is 0 Å². The molecule has 0 aliphatic rings. The molecule has 0 bridgehead atoms. The molecule has 1 aromatic carbocycles. The summed E-state index contributed by atoms with van der Waals surface area (Å²) in [5.41, 5.74) is 1.37. The van der Waals surface area contributed by atoms with Crippen molar-refractivity contribution in [2.45, 2.75) is 24.0 Å². The second-order valence-electron chi connectivity index (χ2n) is 7.60. The highest BCUT2D eigenvalue weighted by atomic mass is 32.2. The number of hydrogen-bond acceptors (Lipinski definition) is 8. The SMILES string of the molecule is CC(Nc1nc(NCC(F)(F)F)c2nc(C#Cc3ncc[nH]3)ccc2n1)c1ccc(S(N)(=O)=O)cc1. The highest BCUT2D eigenvalue weighted by Gasteiger charge is 2.27. The van der Waals surface area contributed by atoms with E-state index in [0.29, 0.717) is 17.1 Å². The van der Waals surface area contributed by atoms with Crippen LogP contribution in [0.4, 0.5) is 24.9 Å². The van der Waals surface area contributed by atoms with Gasteiger partial charge in [0.1, 0.15) is 17.8 Å². The third-order valence-corrected chi connectivity index (χ3v) is 5.79. The van der Waals surface area contributed by atoms with Gasteiger partial charge in [0.2, 0.25) is 16.0 Å². The fourth-order valence-corrected chi connectivity index (χ4v) is 3.65. The molecule has 3 heterocycles. The zero-order valence-corrected chi connectivity index (χ0v) is 19.4. The molecule has 3 aromatic heterocycles. The van der Waals surface area contributed by atoms with E-state index in [0.717, 1.165) is 0 Å². The Balaban J connectivity index is 1.65. The molecule has 0 fully saturated rings. The minimum atomic E-state index is -4.49. The zero-order valence-electron chi connectivity index (χ0n) is 18.6. The number of nitrogens with zero attached hydrogens (tertiary/aromatic N) is 4. The smallest absolute Gasteiger partial charge is 0.359 e. The van der Waals surface area contributed by atoms with E-state index in [1.165, 1.54) is 18.3 Å². The van der Waals surface area contributed by atoms with Crippen LogP contribution < -0.4 is 15.8 Å². The highest BCUT2D eigenvalue weighted by Crippen LogP contribution is 2.25. The summed E-state index contributed by atoms with van der Waals surface area (Å²) in [4.78, 5) is 19.6. The third-order valence-electron chi connectivity index (χ3n) is 4.86.